The summed E-state index contributed by atoms with van der Waals surface area (Å²) >= 11 is 0. The lowest BCUT2D eigenvalue weighted by molar-refractivity contribution is -0.141. The summed E-state index contributed by atoms with van der Waals surface area (Å²) in [6.07, 6.45) is 7.67. The molecular weight excluding hydrogens is 508 g/mol. The summed E-state index contributed by atoms with van der Waals surface area (Å²) in [5, 5.41) is 9.17. The van der Waals surface area contributed by atoms with Crippen LogP contribution in [0.15, 0.2) is 42.5 Å². The van der Waals surface area contributed by atoms with Gasteiger partial charge in [-0.2, -0.15) is 0 Å². The van der Waals surface area contributed by atoms with Crippen LogP contribution in [0, 0.1) is 17.3 Å². The summed E-state index contributed by atoms with van der Waals surface area (Å²) in [6, 6.07) is 8.32. The maximum absolute atomic E-state index is 13.7. The number of rotatable bonds is 5. The van der Waals surface area contributed by atoms with Crippen LogP contribution >= 0.6 is 0 Å². The normalized spacial score (nSPS) is 26.9. The summed E-state index contributed by atoms with van der Waals surface area (Å²) in [5.74, 6) is -0.620. The highest BCUT2D eigenvalue weighted by Gasteiger charge is 2.42. The second-order valence-corrected chi connectivity index (χ2v) is 11.9. The Kier molecular flexibility index (Phi) is 10.0. The number of piperidine rings is 1. The number of fused-ring (bicyclic) bond motifs is 1. The van der Waals surface area contributed by atoms with E-state index in [1.54, 1.807) is 0 Å². The Balaban J connectivity index is 1.58. The topological polar surface area (TPSA) is 117 Å². The molecular formula is C31H44N4O5. The number of likely N-dealkylation sites (tertiary alicyclic amines) is 1. The van der Waals surface area contributed by atoms with E-state index >= 15 is 0 Å². The van der Waals surface area contributed by atoms with Crippen LogP contribution in [-0.2, 0) is 30.3 Å². The number of hydrogen-bond acceptors (Lipinski definition) is 5. The van der Waals surface area contributed by atoms with E-state index in [1.807, 2.05) is 49.1 Å². The molecule has 0 radical (unpaired) electrons. The lowest BCUT2D eigenvalue weighted by Crippen LogP contribution is -2.60. The smallest absolute Gasteiger partial charge is 0.245 e. The molecule has 2 fully saturated rings. The molecule has 1 spiro atoms. The number of nitrogens with zero attached hydrogens (tertiary/aromatic N) is 1. The predicted molar refractivity (Wildman–Crippen MR) is 152 cm³/mol. The van der Waals surface area contributed by atoms with Crippen LogP contribution in [0.5, 0.6) is 0 Å². The summed E-state index contributed by atoms with van der Waals surface area (Å²) in [5.41, 5.74) is 0.366. The van der Waals surface area contributed by atoms with E-state index in [0.29, 0.717) is 64.8 Å². The maximum atomic E-state index is 13.7. The van der Waals surface area contributed by atoms with Crippen molar-refractivity contribution < 1.29 is 23.9 Å². The van der Waals surface area contributed by atoms with Crippen molar-refractivity contribution in [1.29, 1.82) is 0 Å². The van der Waals surface area contributed by atoms with Gasteiger partial charge in [0.25, 0.3) is 0 Å². The zero-order valence-electron chi connectivity index (χ0n) is 24.0. The van der Waals surface area contributed by atoms with Crippen LogP contribution in [0.2, 0.25) is 0 Å². The van der Waals surface area contributed by atoms with Crippen molar-refractivity contribution in [3.05, 3.63) is 48.0 Å². The summed E-state index contributed by atoms with van der Waals surface area (Å²) in [7, 11) is 0. The van der Waals surface area contributed by atoms with Crippen molar-refractivity contribution in [2.24, 2.45) is 17.3 Å². The Hall–Kier alpha value is -3.20. The first-order valence-corrected chi connectivity index (χ1v) is 14.6. The van der Waals surface area contributed by atoms with Gasteiger partial charge < -0.3 is 25.6 Å². The first-order valence-electron chi connectivity index (χ1n) is 14.6. The Labute approximate surface area is 237 Å². The maximum Gasteiger partial charge on any atom is 0.245 e. The van der Waals surface area contributed by atoms with Crippen LogP contribution in [-0.4, -0.2) is 73.0 Å². The van der Waals surface area contributed by atoms with Gasteiger partial charge in [0.2, 0.25) is 23.6 Å². The molecule has 3 heterocycles. The van der Waals surface area contributed by atoms with Crippen molar-refractivity contribution in [1.82, 2.24) is 20.9 Å². The summed E-state index contributed by atoms with van der Waals surface area (Å²) in [4.78, 5) is 54.5. The molecule has 3 N–H and O–H groups in total. The summed E-state index contributed by atoms with van der Waals surface area (Å²) < 4.78 is 5.58. The number of carbonyl (C=O) groups excluding carboxylic acids is 4. The molecule has 9 heteroatoms. The monoisotopic (exact) mass is 552 g/mol. The zero-order valence-corrected chi connectivity index (χ0v) is 24.0. The van der Waals surface area contributed by atoms with Gasteiger partial charge in [-0.15, -0.1) is 0 Å². The minimum absolute atomic E-state index is 0.0150. The molecule has 3 aliphatic rings. The van der Waals surface area contributed by atoms with Gasteiger partial charge in [-0.1, -0.05) is 56.3 Å². The van der Waals surface area contributed by atoms with E-state index in [4.69, 9.17) is 4.74 Å². The van der Waals surface area contributed by atoms with Crippen molar-refractivity contribution in [3.8, 4) is 0 Å². The second kappa shape index (κ2) is 13.4. The Morgan fingerprint density at radius 2 is 1.82 bits per heavy atom. The minimum Gasteiger partial charge on any atom is -0.381 e. The van der Waals surface area contributed by atoms with Crippen molar-refractivity contribution in [2.75, 3.05) is 26.3 Å². The zero-order chi connectivity index (χ0) is 28.7. The second-order valence-electron chi connectivity index (χ2n) is 11.9. The molecule has 4 rings (SSSR count). The minimum atomic E-state index is -0.705. The van der Waals surface area contributed by atoms with E-state index in [1.165, 1.54) is 6.92 Å². The average molecular weight is 553 g/mol. The number of nitrogens with one attached hydrogen (secondary N) is 3. The Morgan fingerprint density at radius 1 is 1.10 bits per heavy atom. The molecule has 1 aromatic rings. The molecule has 0 bridgehead atoms. The number of allylic oxidation sites excluding steroid dienone is 2. The SMILES string of the molecule is CC(=O)N[C@H](C(=O)N1CC[C@H]2NC(=O)[C@@H](Cc3ccccc3)NC(=O)C3(C/C=C/C[C@@H]2C1)CCOCC3)C(C)C. The van der Waals surface area contributed by atoms with E-state index in [-0.39, 0.29) is 41.5 Å². The molecule has 2 saturated heterocycles. The quantitative estimate of drug-likeness (QED) is 0.485. The fourth-order valence-electron chi connectivity index (χ4n) is 6.11. The van der Waals surface area contributed by atoms with E-state index in [0.717, 1.165) is 5.56 Å². The van der Waals surface area contributed by atoms with Gasteiger partial charge in [-0.05, 0) is 43.6 Å². The van der Waals surface area contributed by atoms with Crippen LogP contribution in [0.1, 0.15) is 58.4 Å². The third-order valence-electron chi connectivity index (χ3n) is 8.61. The van der Waals surface area contributed by atoms with Gasteiger partial charge >= 0.3 is 0 Å². The van der Waals surface area contributed by atoms with Gasteiger partial charge in [0, 0.05) is 51.6 Å². The highest BCUT2D eigenvalue weighted by Crippen LogP contribution is 2.36. The van der Waals surface area contributed by atoms with Crippen LogP contribution < -0.4 is 16.0 Å². The molecule has 4 amide bonds. The lowest BCUT2D eigenvalue weighted by atomic mass is 9.75. The number of hydrogen-bond donors (Lipinski definition) is 3. The molecule has 218 valence electrons. The molecule has 0 aliphatic carbocycles. The van der Waals surface area contributed by atoms with Gasteiger partial charge in [-0.3, -0.25) is 19.2 Å². The standard InChI is InChI=1S/C31H44N4O5/c1-21(2)27(32-22(3)36)29(38)35-16-12-25-24(20-35)11-7-8-13-31(14-17-40-18-15-31)30(39)34-26(28(37)33-25)19-23-9-5-4-6-10-23/h4-10,21,24-27H,11-20H2,1-3H3,(H,32,36)(H,33,37)(H,34,39)/b8-7+/t24-,25-,26-,27+/m1/s1. The van der Waals surface area contributed by atoms with Crippen molar-refractivity contribution in [3.63, 3.8) is 0 Å². The van der Waals surface area contributed by atoms with Gasteiger partial charge in [0.15, 0.2) is 0 Å². The molecule has 1 aromatic carbocycles. The first-order chi connectivity index (χ1) is 19.2. The molecule has 0 unspecified atom stereocenters. The van der Waals surface area contributed by atoms with Gasteiger partial charge in [0.05, 0.1) is 5.41 Å². The van der Waals surface area contributed by atoms with E-state index in [2.05, 4.69) is 28.1 Å². The van der Waals surface area contributed by atoms with E-state index in [9.17, 15) is 19.2 Å². The van der Waals surface area contributed by atoms with Gasteiger partial charge in [-0.25, -0.2) is 0 Å². The fourth-order valence-corrected chi connectivity index (χ4v) is 6.11. The van der Waals surface area contributed by atoms with Crippen molar-refractivity contribution in [2.45, 2.75) is 77.4 Å². The molecule has 9 nitrogen and oxygen atoms in total. The first kappa shape index (κ1) is 29.8. The van der Waals surface area contributed by atoms with Crippen molar-refractivity contribution >= 4 is 23.6 Å². The molecule has 0 saturated carbocycles. The molecule has 4 atom stereocenters. The van der Waals surface area contributed by atoms with Gasteiger partial charge in [0.1, 0.15) is 12.1 Å². The highest BCUT2D eigenvalue weighted by molar-refractivity contribution is 5.91. The highest BCUT2D eigenvalue weighted by atomic mass is 16.5. The number of benzene rings is 1. The van der Waals surface area contributed by atoms with E-state index < -0.39 is 17.5 Å². The number of amides is 4. The van der Waals surface area contributed by atoms with Crippen LogP contribution in [0.25, 0.3) is 0 Å². The predicted octanol–water partition coefficient (Wildman–Crippen LogP) is 2.35. The Morgan fingerprint density at radius 3 is 2.50 bits per heavy atom. The molecule has 40 heavy (non-hydrogen) atoms. The fraction of sp³-hybridized carbons (Fsp3) is 0.613. The third kappa shape index (κ3) is 7.30. The molecule has 3 aliphatic heterocycles. The van der Waals surface area contributed by atoms with Crippen LogP contribution in [0.3, 0.4) is 0 Å². The number of carbonyl (C=O) groups is 4. The number of ether oxygens (including phenoxy) is 1. The summed E-state index contributed by atoms with van der Waals surface area (Å²) in [6.45, 7) is 7.30. The van der Waals surface area contributed by atoms with Crippen LogP contribution in [0.4, 0.5) is 0 Å². The average Bonchev–Trinajstić information content (AvgIpc) is 2.94. The largest absolute Gasteiger partial charge is 0.381 e. The Bertz CT molecular complexity index is 1080. The lowest BCUT2D eigenvalue weighted by Gasteiger charge is -2.41. The molecule has 0 aromatic heterocycles. The third-order valence-corrected chi connectivity index (χ3v) is 8.61.